The molecule has 0 radical (unpaired) electrons. The van der Waals surface area contributed by atoms with Gasteiger partial charge in [0.2, 0.25) is 5.91 Å². The molecule has 6 nitrogen and oxygen atoms in total. The van der Waals surface area contributed by atoms with Crippen LogP contribution in [0.15, 0.2) is 54.6 Å². The molecule has 1 saturated heterocycles. The molecule has 0 aromatic heterocycles. The summed E-state index contributed by atoms with van der Waals surface area (Å²) in [5, 5.41) is 11.7. The number of piperidine rings is 1. The Kier molecular flexibility index (Phi) is 5.31. The quantitative estimate of drug-likeness (QED) is 0.886. The van der Waals surface area contributed by atoms with E-state index in [1.165, 1.54) is 12.1 Å². The summed E-state index contributed by atoms with van der Waals surface area (Å²) in [6.45, 7) is 1.03. The van der Waals surface area contributed by atoms with Gasteiger partial charge in [-0.25, -0.2) is 4.79 Å². The Labute approximate surface area is 151 Å². The Balaban J connectivity index is 1.62. The van der Waals surface area contributed by atoms with Crippen LogP contribution in [-0.2, 0) is 4.79 Å². The van der Waals surface area contributed by atoms with Crippen LogP contribution in [0.25, 0.3) is 0 Å². The summed E-state index contributed by atoms with van der Waals surface area (Å²) in [6.07, 6.45) is 1.49. The molecule has 2 aromatic carbocycles. The third-order valence-electron chi connectivity index (χ3n) is 4.50. The predicted octanol–water partition coefficient (Wildman–Crippen LogP) is 2.88. The molecule has 3 rings (SSSR count). The normalized spacial score (nSPS) is 16.8. The minimum Gasteiger partial charge on any atom is -0.478 e. The van der Waals surface area contributed by atoms with Crippen molar-refractivity contribution >= 4 is 23.5 Å². The van der Waals surface area contributed by atoms with Crippen molar-refractivity contribution in [1.29, 1.82) is 0 Å². The minimum absolute atomic E-state index is 0.0612. The number of hydrogen-bond donors (Lipinski definition) is 2. The summed E-state index contributed by atoms with van der Waals surface area (Å²) in [4.78, 5) is 37.7. The first kappa shape index (κ1) is 17.7. The van der Waals surface area contributed by atoms with Crippen molar-refractivity contribution < 1.29 is 19.5 Å². The van der Waals surface area contributed by atoms with Crippen LogP contribution in [0.3, 0.4) is 0 Å². The van der Waals surface area contributed by atoms with E-state index in [9.17, 15) is 14.4 Å². The zero-order valence-corrected chi connectivity index (χ0v) is 14.2. The average molecular weight is 352 g/mol. The van der Waals surface area contributed by atoms with Crippen LogP contribution in [0.5, 0.6) is 0 Å². The Hall–Kier alpha value is -3.15. The number of aromatic carboxylic acids is 1. The lowest BCUT2D eigenvalue weighted by Crippen LogP contribution is -2.43. The molecule has 0 aliphatic carbocycles. The highest BCUT2D eigenvalue weighted by Crippen LogP contribution is 2.21. The number of hydrogen-bond acceptors (Lipinski definition) is 3. The summed E-state index contributed by atoms with van der Waals surface area (Å²) in [5.74, 6) is -1.51. The number of likely N-dealkylation sites (tertiary alicyclic amines) is 1. The highest BCUT2D eigenvalue weighted by molar-refractivity contribution is 5.96. The van der Waals surface area contributed by atoms with Crippen LogP contribution in [-0.4, -0.2) is 40.9 Å². The fourth-order valence-corrected chi connectivity index (χ4v) is 3.08. The highest BCUT2D eigenvalue weighted by atomic mass is 16.4. The van der Waals surface area contributed by atoms with Gasteiger partial charge in [-0.2, -0.15) is 0 Å². The van der Waals surface area contributed by atoms with Crippen molar-refractivity contribution in [2.75, 3.05) is 18.4 Å². The van der Waals surface area contributed by atoms with Crippen LogP contribution in [0.2, 0.25) is 0 Å². The Bertz CT molecular complexity index is 802. The molecule has 2 N–H and O–H groups in total. The summed E-state index contributed by atoms with van der Waals surface area (Å²) < 4.78 is 0. The van der Waals surface area contributed by atoms with Gasteiger partial charge in [-0.15, -0.1) is 0 Å². The smallest absolute Gasteiger partial charge is 0.335 e. The van der Waals surface area contributed by atoms with Gasteiger partial charge in [0.25, 0.3) is 5.91 Å². The SMILES string of the molecule is O=C(O)c1ccc(NC(=O)C2CCCN(C(=O)c3ccccc3)C2)cc1. The zero-order valence-electron chi connectivity index (χ0n) is 14.2. The molecule has 26 heavy (non-hydrogen) atoms. The van der Waals surface area contributed by atoms with E-state index in [-0.39, 0.29) is 23.3 Å². The molecule has 2 amide bonds. The summed E-state index contributed by atoms with van der Waals surface area (Å²) in [5.41, 5.74) is 1.34. The van der Waals surface area contributed by atoms with E-state index in [4.69, 9.17) is 5.11 Å². The number of carboxylic acid groups (broad SMARTS) is 1. The molecule has 134 valence electrons. The number of benzene rings is 2. The van der Waals surface area contributed by atoms with Crippen molar-refractivity contribution in [3.8, 4) is 0 Å². The first-order valence-corrected chi connectivity index (χ1v) is 8.53. The van der Waals surface area contributed by atoms with Gasteiger partial charge >= 0.3 is 5.97 Å². The Morgan fingerprint density at radius 3 is 2.31 bits per heavy atom. The third kappa shape index (κ3) is 4.08. The van der Waals surface area contributed by atoms with Crippen molar-refractivity contribution in [2.24, 2.45) is 5.92 Å². The topological polar surface area (TPSA) is 86.7 Å². The van der Waals surface area contributed by atoms with E-state index in [0.717, 1.165) is 12.8 Å². The maximum Gasteiger partial charge on any atom is 0.335 e. The molecule has 1 fully saturated rings. The second-order valence-corrected chi connectivity index (χ2v) is 6.33. The van der Waals surface area contributed by atoms with Crippen molar-refractivity contribution in [3.63, 3.8) is 0 Å². The first-order valence-electron chi connectivity index (χ1n) is 8.53. The molecule has 0 bridgehead atoms. The van der Waals surface area contributed by atoms with Gasteiger partial charge in [-0.1, -0.05) is 18.2 Å². The van der Waals surface area contributed by atoms with E-state index in [1.54, 1.807) is 29.2 Å². The second kappa shape index (κ2) is 7.82. The molecule has 0 saturated carbocycles. The maximum absolute atomic E-state index is 12.6. The average Bonchev–Trinajstić information content (AvgIpc) is 2.68. The molecule has 1 aliphatic heterocycles. The zero-order chi connectivity index (χ0) is 18.5. The number of nitrogens with zero attached hydrogens (tertiary/aromatic N) is 1. The number of anilines is 1. The van der Waals surface area contributed by atoms with Gasteiger partial charge < -0.3 is 15.3 Å². The molecule has 6 heteroatoms. The van der Waals surface area contributed by atoms with E-state index in [0.29, 0.717) is 24.3 Å². The van der Waals surface area contributed by atoms with Crippen molar-refractivity contribution in [1.82, 2.24) is 4.90 Å². The fraction of sp³-hybridized carbons (Fsp3) is 0.250. The Morgan fingerprint density at radius 1 is 0.962 bits per heavy atom. The van der Waals surface area contributed by atoms with Crippen LogP contribution >= 0.6 is 0 Å². The van der Waals surface area contributed by atoms with Gasteiger partial charge in [0.05, 0.1) is 11.5 Å². The monoisotopic (exact) mass is 352 g/mol. The van der Waals surface area contributed by atoms with Gasteiger partial charge in [-0.3, -0.25) is 9.59 Å². The molecule has 0 spiro atoms. The van der Waals surface area contributed by atoms with Gasteiger partial charge in [0.15, 0.2) is 0 Å². The van der Waals surface area contributed by atoms with Crippen LogP contribution in [0, 0.1) is 5.92 Å². The van der Waals surface area contributed by atoms with Gasteiger partial charge in [0, 0.05) is 24.3 Å². The third-order valence-corrected chi connectivity index (χ3v) is 4.50. The number of carbonyl (C=O) groups is 3. The summed E-state index contributed by atoms with van der Waals surface area (Å²) in [6, 6.07) is 15.1. The molecule has 1 atom stereocenters. The summed E-state index contributed by atoms with van der Waals surface area (Å²) >= 11 is 0. The maximum atomic E-state index is 12.6. The van der Waals surface area contributed by atoms with E-state index >= 15 is 0 Å². The highest BCUT2D eigenvalue weighted by Gasteiger charge is 2.28. The number of carbonyl (C=O) groups excluding carboxylic acids is 2. The molecule has 1 unspecified atom stereocenters. The standard InChI is InChI=1S/C20H20N2O4/c23-18(21-17-10-8-15(9-11-17)20(25)26)16-7-4-12-22(13-16)19(24)14-5-2-1-3-6-14/h1-3,5-6,8-11,16H,4,7,12-13H2,(H,21,23)(H,25,26). The number of amides is 2. The van der Waals surface area contributed by atoms with Gasteiger partial charge in [0.1, 0.15) is 0 Å². The van der Waals surface area contributed by atoms with E-state index in [2.05, 4.69) is 5.32 Å². The van der Waals surface area contributed by atoms with Crippen LogP contribution in [0.1, 0.15) is 33.6 Å². The molecular weight excluding hydrogens is 332 g/mol. The van der Waals surface area contributed by atoms with Crippen LogP contribution < -0.4 is 5.32 Å². The molecular formula is C20H20N2O4. The van der Waals surface area contributed by atoms with Crippen molar-refractivity contribution in [2.45, 2.75) is 12.8 Å². The fourth-order valence-electron chi connectivity index (χ4n) is 3.08. The van der Waals surface area contributed by atoms with Gasteiger partial charge in [-0.05, 0) is 49.2 Å². The second-order valence-electron chi connectivity index (χ2n) is 6.33. The number of carboxylic acids is 1. The minimum atomic E-state index is -1.01. The lowest BCUT2D eigenvalue weighted by molar-refractivity contribution is -0.121. The summed E-state index contributed by atoms with van der Waals surface area (Å²) in [7, 11) is 0. The van der Waals surface area contributed by atoms with Crippen molar-refractivity contribution in [3.05, 3.63) is 65.7 Å². The lowest BCUT2D eigenvalue weighted by Gasteiger charge is -2.32. The molecule has 1 aliphatic rings. The predicted molar refractivity (Wildman–Crippen MR) is 97.1 cm³/mol. The van der Waals surface area contributed by atoms with E-state index < -0.39 is 5.97 Å². The van der Waals surface area contributed by atoms with Crippen LogP contribution in [0.4, 0.5) is 5.69 Å². The lowest BCUT2D eigenvalue weighted by atomic mass is 9.96. The first-order chi connectivity index (χ1) is 12.5. The number of nitrogens with one attached hydrogen (secondary N) is 1. The number of rotatable bonds is 4. The molecule has 2 aromatic rings. The van der Waals surface area contributed by atoms with E-state index in [1.807, 2.05) is 18.2 Å². The largest absolute Gasteiger partial charge is 0.478 e. The molecule has 1 heterocycles. The Morgan fingerprint density at radius 2 is 1.65 bits per heavy atom.